The van der Waals surface area contributed by atoms with Crippen molar-refractivity contribution in [3.05, 3.63) is 34.2 Å². The van der Waals surface area contributed by atoms with E-state index in [-0.39, 0.29) is 17.8 Å². The first-order chi connectivity index (χ1) is 8.75. The van der Waals surface area contributed by atoms with Gasteiger partial charge in [0, 0.05) is 36.5 Å². The van der Waals surface area contributed by atoms with Gasteiger partial charge in [-0.3, -0.25) is 4.79 Å². The van der Waals surface area contributed by atoms with Crippen LogP contribution in [0.3, 0.4) is 0 Å². The Morgan fingerprint density at radius 1 is 1.53 bits per heavy atom. The molecule has 0 aliphatic rings. The molecule has 0 bridgehead atoms. The minimum atomic E-state index is -2.09. The number of aromatic amines is 1. The molecular weight excluding hydrogens is 248 g/mol. The van der Waals surface area contributed by atoms with Crippen molar-refractivity contribution in [2.24, 2.45) is 11.7 Å². The molecule has 0 amide bonds. The lowest BCUT2D eigenvalue weighted by molar-refractivity contribution is -0.161. The van der Waals surface area contributed by atoms with Crippen molar-refractivity contribution in [1.82, 2.24) is 4.98 Å². The van der Waals surface area contributed by atoms with Crippen molar-refractivity contribution in [1.29, 1.82) is 0 Å². The molecule has 0 aliphatic carbocycles. The van der Waals surface area contributed by atoms with Crippen LogP contribution in [0.15, 0.2) is 23.1 Å². The van der Waals surface area contributed by atoms with Gasteiger partial charge in [-0.25, -0.2) is 4.79 Å². The quantitative estimate of drug-likeness (QED) is 0.584. The molecule has 0 fully saturated rings. The number of hydrogen-bond acceptors (Lipinski definition) is 4. The number of nitrogens with two attached hydrogens (primary N) is 1. The lowest BCUT2D eigenvalue weighted by Crippen LogP contribution is -2.56. The molecule has 0 spiro atoms. The summed E-state index contributed by atoms with van der Waals surface area (Å²) in [7, 11) is 0. The van der Waals surface area contributed by atoms with E-state index in [9.17, 15) is 19.8 Å². The van der Waals surface area contributed by atoms with Crippen molar-refractivity contribution in [2.45, 2.75) is 38.3 Å². The summed E-state index contributed by atoms with van der Waals surface area (Å²) in [6, 6.07) is 1.67. The molecule has 1 heterocycles. The molecule has 0 saturated heterocycles. The van der Waals surface area contributed by atoms with Crippen molar-refractivity contribution >= 4 is 5.97 Å². The lowest BCUT2D eigenvalue weighted by atomic mass is 9.84. The van der Waals surface area contributed by atoms with Gasteiger partial charge < -0.3 is 20.9 Å². The van der Waals surface area contributed by atoms with Gasteiger partial charge in [0.15, 0.2) is 11.0 Å². The van der Waals surface area contributed by atoms with E-state index in [4.69, 9.17) is 5.73 Å². The highest BCUT2D eigenvalue weighted by atomic mass is 16.4. The Bertz CT molecular complexity index is 497. The van der Waals surface area contributed by atoms with Crippen LogP contribution in [-0.4, -0.2) is 32.8 Å². The summed E-state index contributed by atoms with van der Waals surface area (Å²) in [5.41, 5.74) is 3.82. The Labute approximate surface area is 111 Å². The molecule has 0 saturated carbocycles. The average molecular weight is 268 g/mol. The molecule has 0 aromatic carbocycles. The predicted molar refractivity (Wildman–Crippen MR) is 70.8 cm³/mol. The maximum absolute atomic E-state index is 11.3. The summed E-state index contributed by atoms with van der Waals surface area (Å²) in [5.74, 6) is -1.22. The van der Waals surface area contributed by atoms with Crippen LogP contribution in [0, 0.1) is 5.92 Å². The number of carbonyl (C=O) groups is 1. The molecule has 0 radical (unpaired) electrons. The summed E-state index contributed by atoms with van der Waals surface area (Å²) >= 11 is 0. The highest BCUT2D eigenvalue weighted by molar-refractivity contribution is 5.78. The van der Waals surface area contributed by atoms with Crippen molar-refractivity contribution in [2.75, 3.05) is 0 Å². The fourth-order valence-corrected chi connectivity index (χ4v) is 1.95. The van der Waals surface area contributed by atoms with Gasteiger partial charge in [-0.1, -0.05) is 13.8 Å². The number of carboxylic acids is 1. The SMILES string of the molecule is CC(C)C[C@H](N)[C@](O)(Cc1cc(=O)cc[nH]1)C(=O)O. The fraction of sp³-hybridized carbons (Fsp3) is 0.538. The van der Waals surface area contributed by atoms with E-state index in [1.165, 1.54) is 18.3 Å². The maximum Gasteiger partial charge on any atom is 0.337 e. The monoisotopic (exact) mass is 268 g/mol. The molecular formula is C13H20N2O4. The van der Waals surface area contributed by atoms with E-state index in [0.29, 0.717) is 12.1 Å². The number of H-pyrrole nitrogens is 1. The molecule has 2 atom stereocenters. The van der Waals surface area contributed by atoms with E-state index in [0.717, 1.165) is 0 Å². The summed E-state index contributed by atoms with van der Waals surface area (Å²) in [6.07, 6.45) is 1.56. The van der Waals surface area contributed by atoms with Gasteiger partial charge in [-0.2, -0.15) is 0 Å². The van der Waals surface area contributed by atoms with Crippen LogP contribution < -0.4 is 11.2 Å². The van der Waals surface area contributed by atoms with Crippen molar-refractivity contribution in [3.8, 4) is 0 Å². The molecule has 1 aromatic rings. The minimum absolute atomic E-state index is 0.163. The van der Waals surface area contributed by atoms with E-state index < -0.39 is 17.6 Å². The molecule has 1 rings (SSSR count). The van der Waals surface area contributed by atoms with Crippen LogP contribution in [0.1, 0.15) is 26.0 Å². The topological polar surface area (TPSA) is 116 Å². The summed E-state index contributed by atoms with van der Waals surface area (Å²) in [4.78, 5) is 25.3. The molecule has 106 valence electrons. The molecule has 5 N–H and O–H groups in total. The number of nitrogens with one attached hydrogen (secondary N) is 1. The zero-order chi connectivity index (χ0) is 14.6. The average Bonchev–Trinajstić information content (AvgIpc) is 2.27. The van der Waals surface area contributed by atoms with E-state index >= 15 is 0 Å². The minimum Gasteiger partial charge on any atom is -0.479 e. The van der Waals surface area contributed by atoms with E-state index in [1.54, 1.807) is 0 Å². The van der Waals surface area contributed by atoms with Gasteiger partial charge in [0.1, 0.15) is 0 Å². The first-order valence-electron chi connectivity index (χ1n) is 6.14. The zero-order valence-electron chi connectivity index (χ0n) is 11.1. The number of rotatable bonds is 6. The highest BCUT2D eigenvalue weighted by Gasteiger charge is 2.42. The van der Waals surface area contributed by atoms with Crippen LogP contribution in [0.4, 0.5) is 0 Å². The zero-order valence-corrected chi connectivity index (χ0v) is 11.1. The van der Waals surface area contributed by atoms with Crippen molar-refractivity contribution in [3.63, 3.8) is 0 Å². The summed E-state index contributed by atoms with van der Waals surface area (Å²) in [6.45, 7) is 3.79. The number of aromatic nitrogens is 1. The van der Waals surface area contributed by atoms with Crippen LogP contribution in [0.25, 0.3) is 0 Å². The largest absolute Gasteiger partial charge is 0.479 e. The molecule has 0 aliphatic heterocycles. The van der Waals surface area contributed by atoms with Gasteiger partial charge in [-0.15, -0.1) is 0 Å². The second-order valence-corrected chi connectivity index (χ2v) is 5.19. The Balaban J connectivity index is 3.00. The van der Waals surface area contributed by atoms with Crippen LogP contribution in [0.2, 0.25) is 0 Å². The third-order valence-corrected chi connectivity index (χ3v) is 3.00. The van der Waals surface area contributed by atoms with Gasteiger partial charge in [0.2, 0.25) is 0 Å². The second-order valence-electron chi connectivity index (χ2n) is 5.19. The van der Waals surface area contributed by atoms with Crippen molar-refractivity contribution < 1.29 is 15.0 Å². The number of aliphatic carboxylic acids is 1. The summed E-state index contributed by atoms with van der Waals surface area (Å²) in [5, 5.41) is 19.5. The normalized spacial score (nSPS) is 16.1. The molecule has 6 heteroatoms. The Morgan fingerprint density at radius 3 is 2.63 bits per heavy atom. The molecule has 1 aromatic heterocycles. The number of carboxylic acid groups (broad SMARTS) is 1. The van der Waals surface area contributed by atoms with E-state index in [1.807, 2.05) is 13.8 Å². The molecule has 19 heavy (non-hydrogen) atoms. The molecule has 6 nitrogen and oxygen atoms in total. The van der Waals surface area contributed by atoms with Crippen LogP contribution in [-0.2, 0) is 11.2 Å². The Hall–Kier alpha value is -1.66. The Morgan fingerprint density at radius 2 is 2.16 bits per heavy atom. The number of aliphatic hydroxyl groups is 1. The van der Waals surface area contributed by atoms with Gasteiger partial charge in [-0.05, 0) is 12.3 Å². The number of hydrogen-bond donors (Lipinski definition) is 4. The first-order valence-corrected chi connectivity index (χ1v) is 6.14. The standard InChI is InChI=1S/C13H20N2O4/c1-8(2)5-11(14)13(19,12(17)18)7-9-6-10(16)3-4-15-9/h3-4,6,8,11,19H,5,7,14H2,1-2H3,(H,15,16)(H,17,18)/t11-,13+/m0/s1. The number of pyridine rings is 1. The highest BCUT2D eigenvalue weighted by Crippen LogP contribution is 2.20. The van der Waals surface area contributed by atoms with Gasteiger partial charge in [0.25, 0.3) is 0 Å². The Kier molecular flexibility index (Phi) is 4.85. The smallest absolute Gasteiger partial charge is 0.337 e. The maximum atomic E-state index is 11.3. The first kappa shape index (κ1) is 15.4. The third-order valence-electron chi connectivity index (χ3n) is 3.00. The lowest BCUT2D eigenvalue weighted by Gasteiger charge is -2.30. The van der Waals surface area contributed by atoms with Gasteiger partial charge >= 0.3 is 5.97 Å². The second kappa shape index (κ2) is 5.99. The van der Waals surface area contributed by atoms with E-state index in [2.05, 4.69) is 4.98 Å². The van der Waals surface area contributed by atoms with Crippen LogP contribution >= 0.6 is 0 Å². The summed E-state index contributed by atoms with van der Waals surface area (Å²) < 4.78 is 0. The molecule has 0 unspecified atom stereocenters. The van der Waals surface area contributed by atoms with Gasteiger partial charge in [0.05, 0.1) is 0 Å². The third kappa shape index (κ3) is 3.90. The fourth-order valence-electron chi connectivity index (χ4n) is 1.95. The van der Waals surface area contributed by atoms with Crippen LogP contribution in [0.5, 0.6) is 0 Å². The predicted octanol–water partition coefficient (Wildman–Crippen LogP) is 0.107.